The number of rotatable bonds is 3. The maximum atomic E-state index is 12.4. The number of ether oxygens (including phenoxy) is 1. The van der Waals surface area contributed by atoms with Crippen molar-refractivity contribution in [3.05, 3.63) is 35.9 Å². The summed E-state index contributed by atoms with van der Waals surface area (Å²) in [6.45, 7) is 2.70. The zero-order chi connectivity index (χ0) is 11.9. The van der Waals surface area contributed by atoms with Crippen molar-refractivity contribution in [2.45, 2.75) is 37.7 Å². The standard InChI is InChI=1S/C15H18O2/c1-15(8-5-9-17-15)14(16)13-10-12(13)11-6-3-2-4-7-11/h2-4,6-7,12-13H,5,8-10H2,1H3. The van der Waals surface area contributed by atoms with Gasteiger partial charge in [0.25, 0.3) is 0 Å². The molecular formula is C15H18O2. The molecule has 1 aliphatic carbocycles. The number of Topliss-reactive ketones (excluding diaryl/α,β-unsaturated/α-hetero) is 1. The molecule has 3 rings (SSSR count). The summed E-state index contributed by atoms with van der Waals surface area (Å²) in [7, 11) is 0. The van der Waals surface area contributed by atoms with E-state index in [9.17, 15) is 4.79 Å². The second kappa shape index (κ2) is 3.95. The molecule has 90 valence electrons. The Morgan fingerprint density at radius 3 is 2.76 bits per heavy atom. The van der Waals surface area contributed by atoms with E-state index in [1.165, 1.54) is 5.56 Å². The van der Waals surface area contributed by atoms with Gasteiger partial charge in [0.1, 0.15) is 5.60 Å². The molecule has 3 atom stereocenters. The first kappa shape index (κ1) is 11.0. The summed E-state index contributed by atoms with van der Waals surface area (Å²) in [5.41, 5.74) is 0.807. The van der Waals surface area contributed by atoms with E-state index < -0.39 is 5.60 Å². The average molecular weight is 230 g/mol. The fraction of sp³-hybridized carbons (Fsp3) is 0.533. The Hall–Kier alpha value is -1.15. The first-order valence-corrected chi connectivity index (χ1v) is 6.44. The summed E-state index contributed by atoms with van der Waals surface area (Å²) in [4.78, 5) is 12.4. The van der Waals surface area contributed by atoms with E-state index in [4.69, 9.17) is 4.74 Å². The van der Waals surface area contributed by atoms with E-state index >= 15 is 0 Å². The Balaban J connectivity index is 1.71. The van der Waals surface area contributed by atoms with Crippen LogP contribution in [0.25, 0.3) is 0 Å². The molecule has 2 fully saturated rings. The molecule has 0 radical (unpaired) electrons. The van der Waals surface area contributed by atoms with Gasteiger partial charge < -0.3 is 4.74 Å². The molecule has 0 bridgehead atoms. The van der Waals surface area contributed by atoms with Gasteiger partial charge in [0.05, 0.1) is 0 Å². The molecule has 1 aromatic rings. The number of hydrogen-bond donors (Lipinski definition) is 0. The van der Waals surface area contributed by atoms with Crippen LogP contribution in [-0.2, 0) is 9.53 Å². The van der Waals surface area contributed by atoms with E-state index in [-0.39, 0.29) is 5.92 Å². The van der Waals surface area contributed by atoms with Crippen LogP contribution in [0.2, 0.25) is 0 Å². The fourth-order valence-electron chi connectivity index (χ4n) is 2.92. The molecule has 1 aliphatic heterocycles. The van der Waals surface area contributed by atoms with Crippen LogP contribution < -0.4 is 0 Å². The highest BCUT2D eigenvalue weighted by molar-refractivity contribution is 5.92. The smallest absolute Gasteiger partial charge is 0.168 e. The largest absolute Gasteiger partial charge is 0.367 e. The Morgan fingerprint density at radius 2 is 2.12 bits per heavy atom. The Bertz CT molecular complexity index is 418. The van der Waals surface area contributed by atoms with Crippen molar-refractivity contribution in [3.63, 3.8) is 0 Å². The predicted octanol–water partition coefficient (Wildman–Crippen LogP) is 2.93. The van der Waals surface area contributed by atoms with Crippen LogP contribution in [0, 0.1) is 5.92 Å². The molecule has 3 unspecified atom stereocenters. The monoisotopic (exact) mass is 230 g/mol. The van der Waals surface area contributed by atoms with Gasteiger partial charge in [-0.15, -0.1) is 0 Å². The van der Waals surface area contributed by atoms with Crippen LogP contribution >= 0.6 is 0 Å². The van der Waals surface area contributed by atoms with Crippen LogP contribution in [0.4, 0.5) is 0 Å². The number of carbonyl (C=O) groups excluding carboxylic acids is 1. The number of carbonyl (C=O) groups is 1. The third kappa shape index (κ3) is 1.91. The van der Waals surface area contributed by atoms with Gasteiger partial charge >= 0.3 is 0 Å². The third-order valence-corrected chi connectivity index (χ3v) is 4.09. The topological polar surface area (TPSA) is 26.3 Å². The summed E-state index contributed by atoms with van der Waals surface area (Å²) >= 11 is 0. The van der Waals surface area contributed by atoms with E-state index in [0.29, 0.717) is 11.7 Å². The van der Waals surface area contributed by atoms with Crippen molar-refractivity contribution in [3.8, 4) is 0 Å². The van der Waals surface area contributed by atoms with Crippen LogP contribution in [0.3, 0.4) is 0 Å². The molecular weight excluding hydrogens is 212 g/mol. The lowest BCUT2D eigenvalue weighted by Crippen LogP contribution is -2.35. The molecule has 0 amide bonds. The molecule has 1 saturated heterocycles. The van der Waals surface area contributed by atoms with Gasteiger partial charge in [-0.25, -0.2) is 0 Å². The van der Waals surface area contributed by atoms with Gasteiger partial charge in [-0.2, -0.15) is 0 Å². The molecule has 17 heavy (non-hydrogen) atoms. The zero-order valence-electron chi connectivity index (χ0n) is 10.2. The van der Waals surface area contributed by atoms with Crippen LogP contribution in [0.1, 0.15) is 37.7 Å². The second-order valence-electron chi connectivity index (χ2n) is 5.41. The minimum atomic E-state index is -0.492. The Labute approximate surface area is 102 Å². The molecule has 0 spiro atoms. The van der Waals surface area contributed by atoms with E-state index in [2.05, 4.69) is 12.1 Å². The minimum absolute atomic E-state index is 0.195. The van der Waals surface area contributed by atoms with Gasteiger partial charge in [0.15, 0.2) is 5.78 Å². The lowest BCUT2D eigenvalue weighted by molar-refractivity contribution is -0.138. The summed E-state index contributed by atoms with van der Waals surface area (Å²) < 4.78 is 5.64. The average Bonchev–Trinajstić information content (AvgIpc) is 3.05. The molecule has 2 heteroatoms. The second-order valence-corrected chi connectivity index (χ2v) is 5.41. The van der Waals surface area contributed by atoms with E-state index in [1.807, 2.05) is 25.1 Å². The van der Waals surface area contributed by atoms with Crippen LogP contribution in [0.15, 0.2) is 30.3 Å². The maximum absolute atomic E-state index is 12.4. The molecule has 1 heterocycles. The summed E-state index contributed by atoms with van der Waals surface area (Å²) in [5, 5.41) is 0. The summed E-state index contributed by atoms with van der Waals surface area (Å²) in [6, 6.07) is 10.3. The molecule has 2 aliphatic rings. The Kier molecular flexibility index (Phi) is 2.55. The van der Waals surface area contributed by atoms with Crippen molar-refractivity contribution < 1.29 is 9.53 Å². The Morgan fingerprint density at radius 1 is 1.35 bits per heavy atom. The van der Waals surface area contributed by atoms with Gasteiger partial charge in [0, 0.05) is 12.5 Å². The van der Waals surface area contributed by atoms with Crippen molar-refractivity contribution in [2.24, 2.45) is 5.92 Å². The van der Waals surface area contributed by atoms with Gasteiger partial charge in [-0.3, -0.25) is 4.79 Å². The van der Waals surface area contributed by atoms with Gasteiger partial charge in [-0.05, 0) is 37.7 Å². The van der Waals surface area contributed by atoms with E-state index in [1.54, 1.807) is 0 Å². The first-order chi connectivity index (χ1) is 8.21. The molecule has 1 saturated carbocycles. The maximum Gasteiger partial charge on any atom is 0.168 e. The SMILES string of the molecule is CC1(C(=O)C2CC2c2ccccc2)CCCO1. The first-order valence-electron chi connectivity index (χ1n) is 6.44. The van der Waals surface area contributed by atoms with Crippen molar-refractivity contribution >= 4 is 5.78 Å². The highest BCUT2D eigenvalue weighted by atomic mass is 16.5. The number of ketones is 1. The van der Waals surface area contributed by atoms with E-state index in [0.717, 1.165) is 25.9 Å². The van der Waals surface area contributed by atoms with Crippen LogP contribution in [0.5, 0.6) is 0 Å². The highest BCUT2D eigenvalue weighted by Crippen LogP contribution is 2.50. The minimum Gasteiger partial charge on any atom is -0.367 e. The molecule has 2 nitrogen and oxygen atoms in total. The summed E-state index contributed by atoms with van der Waals surface area (Å²) in [6.07, 6.45) is 2.91. The van der Waals surface area contributed by atoms with Crippen LogP contribution in [-0.4, -0.2) is 18.0 Å². The highest BCUT2D eigenvalue weighted by Gasteiger charge is 2.51. The lowest BCUT2D eigenvalue weighted by atomic mass is 9.92. The molecule has 0 aromatic heterocycles. The quantitative estimate of drug-likeness (QED) is 0.798. The van der Waals surface area contributed by atoms with Crippen molar-refractivity contribution in [2.75, 3.05) is 6.61 Å². The van der Waals surface area contributed by atoms with Crippen molar-refractivity contribution in [1.82, 2.24) is 0 Å². The van der Waals surface area contributed by atoms with Crippen molar-refractivity contribution in [1.29, 1.82) is 0 Å². The van der Waals surface area contributed by atoms with Gasteiger partial charge in [-0.1, -0.05) is 30.3 Å². The number of benzene rings is 1. The predicted molar refractivity (Wildman–Crippen MR) is 65.9 cm³/mol. The lowest BCUT2D eigenvalue weighted by Gasteiger charge is -2.21. The van der Waals surface area contributed by atoms with Gasteiger partial charge in [0.2, 0.25) is 0 Å². The summed E-state index contributed by atoms with van der Waals surface area (Å²) in [5.74, 6) is 0.953. The molecule has 1 aromatic carbocycles. The number of hydrogen-bond acceptors (Lipinski definition) is 2. The normalized spacial score (nSPS) is 35.8. The zero-order valence-corrected chi connectivity index (χ0v) is 10.2. The molecule has 0 N–H and O–H groups in total. The fourth-order valence-corrected chi connectivity index (χ4v) is 2.92. The third-order valence-electron chi connectivity index (χ3n) is 4.09.